The second-order valence-corrected chi connectivity index (χ2v) is 5.81. The smallest absolute Gasteiger partial charge is 0.226 e. The van der Waals surface area contributed by atoms with E-state index in [2.05, 4.69) is 35.8 Å². The number of hydrogen-bond donors (Lipinski definition) is 1. The molecule has 0 aliphatic carbocycles. The van der Waals surface area contributed by atoms with Crippen molar-refractivity contribution >= 4 is 0 Å². The van der Waals surface area contributed by atoms with Crippen molar-refractivity contribution in [3.63, 3.8) is 0 Å². The number of rotatable bonds is 7. The molecule has 0 spiro atoms. The van der Waals surface area contributed by atoms with Gasteiger partial charge in [-0.25, -0.2) is 0 Å². The van der Waals surface area contributed by atoms with Crippen molar-refractivity contribution in [3.8, 4) is 0 Å². The molecule has 18 heavy (non-hydrogen) atoms. The molecule has 0 amide bonds. The Balaban J connectivity index is 2.59. The summed E-state index contributed by atoms with van der Waals surface area (Å²) in [6.07, 6.45) is 1.54. The molecule has 1 aromatic rings. The first kappa shape index (κ1) is 15.1. The van der Waals surface area contributed by atoms with E-state index in [4.69, 9.17) is 9.63 Å². The average molecular weight is 255 g/mol. The monoisotopic (exact) mass is 255 g/mol. The first-order valence-corrected chi connectivity index (χ1v) is 6.59. The molecule has 0 aliphatic rings. The van der Waals surface area contributed by atoms with E-state index in [0.717, 1.165) is 31.8 Å². The van der Waals surface area contributed by atoms with Gasteiger partial charge in [0.15, 0.2) is 5.82 Å². The van der Waals surface area contributed by atoms with E-state index in [-0.39, 0.29) is 12.0 Å². The summed E-state index contributed by atoms with van der Waals surface area (Å²) in [5.41, 5.74) is 0.215. The van der Waals surface area contributed by atoms with E-state index in [1.54, 1.807) is 0 Å². The quantitative estimate of drug-likeness (QED) is 0.805. The van der Waals surface area contributed by atoms with E-state index in [9.17, 15) is 0 Å². The van der Waals surface area contributed by atoms with Crippen LogP contribution >= 0.6 is 0 Å². The standard InChI is InChI=1S/C13H25N3O2/c1-5-12-14-11(15-18-12)9-16(7-6-8-17)10-13(2,3)4/h17H,5-10H2,1-4H3. The lowest BCUT2D eigenvalue weighted by Crippen LogP contribution is -2.33. The van der Waals surface area contributed by atoms with Gasteiger partial charge in [0, 0.05) is 26.1 Å². The molecule has 104 valence electrons. The first-order valence-electron chi connectivity index (χ1n) is 6.59. The number of aliphatic hydroxyl groups excluding tert-OH is 1. The van der Waals surface area contributed by atoms with Gasteiger partial charge < -0.3 is 9.63 Å². The molecule has 0 atom stereocenters. The van der Waals surface area contributed by atoms with Crippen molar-refractivity contribution in [2.75, 3.05) is 19.7 Å². The van der Waals surface area contributed by atoms with Gasteiger partial charge in [-0.3, -0.25) is 4.90 Å². The first-order chi connectivity index (χ1) is 8.44. The molecule has 0 fully saturated rings. The number of nitrogens with zero attached hydrogens (tertiary/aromatic N) is 3. The van der Waals surface area contributed by atoms with Gasteiger partial charge >= 0.3 is 0 Å². The molecular formula is C13H25N3O2. The lowest BCUT2D eigenvalue weighted by atomic mass is 9.96. The topological polar surface area (TPSA) is 62.4 Å². The minimum atomic E-state index is 0.215. The van der Waals surface area contributed by atoms with Crippen LogP contribution < -0.4 is 0 Å². The Hall–Kier alpha value is -0.940. The molecule has 1 N–H and O–H groups in total. The molecule has 0 aromatic carbocycles. The van der Waals surface area contributed by atoms with Gasteiger partial charge in [0.05, 0.1) is 6.54 Å². The van der Waals surface area contributed by atoms with Crippen LogP contribution in [-0.2, 0) is 13.0 Å². The van der Waals surface area contributed by atoms with E-state index >= 15 is 0 Å². The SMILES string of the molecule is CCc1nc(CN(CCCO)CC(C)(C)C)no1. The van der Waals surface area contributed by atoms with Crippen LogP contribution in [0.5, 0.6) is 0 Å². The fraction of sp³-hybridized carbons (Fsp3) is 0.846. The molecule has 0 bridgehead atoms. The van der Waals surface area contributed by atoms with Crippen LogP contribution in [0.3, 0.4) is 0 Å². The average Bonchev–Trinajstić information content (AvgIpc) is 2.71. The van der Waals surface area contributed by atoms with Crippen molar-refractivity contribution in [2.45, 2.75) is 47.1 Å². The third-order valence-corrected chi connectivity index (χ3v) is 2.51. The molecule has 0 radical (unpaired) electrons. The molecule has 1 rings (SSSR count). The summed E-state index contributed by atoms with van der Waals surface area (Å²) in [5, 5.41) is 12.9. The summed E-state index contributed by atoms with van der Waals surface area (Å²) in [7, 11) is 0. The van der Waals surface area contributed by atoms with Crippen LogP contribution in [0, 0.1) is 5.41 Å². The van der Waals surface area contributed by atoms with Gasteiger partial charge in [0.25, 0.3) is 0 Å². The summed E-state index contributed by atoms with van der Waals surface area (Å²) >= 11 is 0. The highest BCUT2D eigenvalue weighted by atomic mass is 16.5. The Morgan fingerprint density at radius 3 is 2.56 bits per heavy atom. The highest BCUT2D eigenvalue weighted by molar-refractivity contribution is 4.86. The van der Waals surface area contributed by atoms with E-state index in [0.29, 0.717) is 12.4 Å². The largest absolute Gasteiger partial charge is 0.396 e. The van der Waals surface area contributed by atoms with Crippen molar-refractivity contribution < 1.29 is 9.63 Å². The van der Waals surface area contributed by atoms with Gasteiger partial charge in [0.2, 0.25) is 5.89 Å². The number of aliphatic hydroxyl groups is 1. The molecule has 0 unspecified atom stereocenters. The minimum absolute atomic E-state index is 0.215. The lowest BCUT2D eigenvalue weighted by molar-refractivity contribution is 0.161. The fourth-order valence-corrected chi connectivity index (χ4v) is 1.88. The van der Waals surface area contributed by atoms with Gasteiger partial charge in [-0.1, -0.05) is 32.9 Å². The van der Waals surface area contributed by atoms with Crippen LogP contribution in [0.2, 0.25) is 0 Å². The van der Waals surface area contributed by atoms with Crippen LogP contribution in [0.4, 0.5) is 0 Å². The Morgan fingerprint density at radius 2 is 2.06 bits per heavy atom. The summed E-state index contributed by atoms with van der Waals surface area (Å²) in [6.45, 7) is 11.3. The highest BCUT2D eigenvalue weighted by Gasteiger charge is 2.18. The zero-order valence-electron chi connectivity index (χ0n) is 11.9. The van der Waals surface area contributed by atoms with Crippen LogP contribution in [0.1, 0.15) is 45.8 Å². The third kappa shape index (κ3) is 5.60. The van der Waals surface area contributed by atoms with Crippen molar-refractivity contribution in [3.05, 3.63) is 11.7 Å². The molecule has 0 aliphatic heterocycles. The molecule has 0 saturated carbocycles. The van der Waals surface area contributed by atoms with E-state index in [1.807, 2.05) is 6.92 Å². The fourth-order valence-electron chi connectivity index (χ4n) is 1.88. The summed E-state index contributed by atoms with van der Waals surface area (Å²) in [5.74, 6) is 1.41. The van der Waals surface area contributed by atoms with Gasteiger partial charge in [-0.15, -0.1) is 0 Å². The van der Waals surface area contributed by atoms with E-state index < -0.39 is 0 Å². The van der Waals surface area contributed by atoms with Crippen LogP contribution in [-0.4, -0.2) is 39.8 Å². The highest BCUT2D eigenvalue weighted by Crippen LogP contribution is 2.16. The van der Waals surface area contributed by atoms with Gasteiger partial charge in [0.1, 0.15) is 0 Å². The van der Waals surface area contributed by atoms with Crippen molar-refractivity contribution in [2.24, 2.45) is 5.41 Å². The third-order valence-electron chi connectivity index (χ3n) is 2.51. The molecule has 0 saturated heterocycles. The predicted octanol–water partition coefficient (Wildman–Crippen LogP) is 1.86. The maximum absolute atomic E-state index is 8.95. The number of hydrogen-bond acceptors (Lipinski definition) is 5. The second kappa shape index (κ2) is 6.85. The van der Waals surface area contributed by atoms with Crippen LogP contribution in [0.25, 0.3) is 0 Å². The van der Waals surface area contributed by atoms with E-state index in [1.165, 1.54) is 0 Å². The molecule has 5 nitrogen and oxygen atoms in total. The molecule has 5 heteroatoms. The second-order valence-electron chi connectivity index (χ2n) is 5.81. The Kier molecular flexibility index (Phi) is 5.75. The number of aromatic nitrogens is 2. The zero-order valence-corrected chi connectivity index (χ0v) is 11.9. The summed E-state index contributed by atoms with van der Waals surface area (Å²) in [6, 6.07) is 0. The summed E-state index contributed by atoms with van der Waals surface area (Å²) in [4.78, 5) is 6.59. The maximum Gasteiger partial charge on any atom is 0.226 e. The summed E-state index contributed by atoms with van der Waals surface area (Å²) < 4.78 is 5.11. The maximum atomic E-state index is 8.95. The zero-order chi connectivity index (χ0) is 13.6. The lowest BCUT2D eigenvalue weighted by Gasteiger charge is -2.28. The Bertz CT molecular complexity index is 344. The Labute approximate surface area is 109 Å². The van der Waals surface area contributed by atoms with Gasteiger partial charge in [-0.05, 0) is 11.8 Å². The molecular weight excluding hydrogens is 230 g/mol. The molecule has 1 aromatic heterocycles. The molecule has 1 heterocycles. The minimum Gasteiger partial charge on any atom is -0.396 e. The number of aryl methyl sites for hydroxylation is 1. The predicted molar refractivity (Wildman–Crippen MR) is 70.1 cm³/mol. The van der Waals surface area contributed by atoms with Crippen LogP contribution in [0.15, 0.2) is 4.52 Å². The van der Waals surface area contributed by atoms with Crippen molar-refractivity contribution in [1.29, 1.82) is 0 Å². The van der Waals surface area contributed by atoms with Gasteiger partial charge in [-0.2, -0.15) is 4.98 Å². The normalized spacial score (nSPS) is 12.3. The van der Waals surface area contributed by atoms with Crippen molar-refractivity contribution in [1.82, 2.24) is 15.0 Å². The Morgan fingerprint density at radius 1 is 1.33 bits per heavy atom.